The first-order chi connectivity index (χ1) is 7.50. The second-order valence-corrected chi connectivity index (χ2v) is 3.28. The quantitative estimate of drug-likeness (QED) is 0.723. The number of carbonyl (C=O) groups excluding carboxylic acids is 1. The molecule has 0 aliphatic carbocycles. The van der Waals surface area contributed by atoms with Gasteiger partial charge >= 0.3 is 5.97 Å². The first kappa shape index (κ1) is 11.8. The molecule has 1 aromatic carbocycles. The molecule has 16 heavy (non-hydrogen) atoms. The summed E-state index contributed by atoms with van der Waals surface area (Å²) in [7, 11) is 0. The number of benzene rings is 1. The molecule has 0 saturated heterocycles. The smallest absolute Gasteiger partial charge is 0.335 e. The Morgan fingerprint density at radius 2 is 2.12 bits per heavy atom. The van der Waals surface area contributed by atoms with Crippen LogP contribution in [0.5, 0.6) is 0 Å². The summed E-state index contributed by atoms with van der Waals surface area (Å²) < 4.78 is 0. The number of hydrogen-bond acceptors (Lipinski definition) is 2. The average molecular weight is 217 g/mol. The van der Waals surface area contributed by atoms with E-state index in [9.17, 15) is 9.59 Å². The van der Waals surface area contributed by atoms with Crippen molar-refractivity contribution in [2.24, 2.45) is 5.73 Å². The maximum absolute atomic E-state index is 10.7. The van der Waals surface area contributed by atoms with E-state index in [0.29, 0.717) is 5.56 Å². The van der Waals surface area contributed by atoms with E-state index in [1.807, 2.05) is 6.92 Å². The van der Waals surface area contributed by atoms with Crippen LogP contribution < -0.4 is 5.73 Å². The van der Waals surface area contributed by atoms with E-state index in [1.165, 1.54) is 12.1 Å². The van der Waals surface area contributed by atoms with Crippen LogP contribution in [0.4, 0.5) is 0 Å². The molecule has 0 atom stereocenters. The summed E-state index contributed by atoms with van der Waals surface area (Å²) in [6.45, 7) is 1.82. The van der Waals surface area contributed by atoms with Gasteiger partial charge in [0.15, 0.2) is 0 Å². The molecule has 0 aromatic heterocycles. The summed E-state index contributed by atoms with van der Waals surface area (Å²) in [4.78, 5) is 21.2. The summed E-state index contributed by atoms with van der Waals surface area (Å²) in [5.74, 6) is 3.81. The minimum Gasteiger partial charge on any atom is -0.478 e. The molecular weight excluding hydrogens is 206 g/mol. The topological polar surface area (TPSA) is 80.4 Å². The molecule has 0 radical (unpaired) electrons. The van der Waals surface area contributed by atoms with Crippen molar-refractivity contribution in [3.63, 3.8) is 0 Å². The monoisotopic (exact) mass is 217 g/mol. The first-order valence-corrected chi connectivity index (χ1v) is 4.62. The van der Waals surface area contributed by atoms with Gasteiger partial charge in [-0.15, -0.1) is 0 Å². The van der Waals surface area contributed by atoms with Gasteiger partial charge in [-0.05, 0) is 24.6 Å². The molecule has 4 heteroatoms. The number of primary amides is 1. The standard InChI is InChI=1S/C12H11NO3/c1-8-5-6-10(12(15)16)7-9(8)3-2-4-11(13)14/h5-7H,4H2,1H3,(H2,13,14)(H,15,16). The molecule has 1 rings (SSSR count). The number of aromatic carboxylic acids is 1. The SMILES string of the molecule is Cc1ccc(C(=O)O)cc1C#CCC(N)=O. The Labute approximate surface area is 93.1 Å². The van der Waals surface area contributed by atoms with Crippen LogP contribution in [0.25, 0.3) is 0 Å². The van der Waals surface area contributed by atoms with Crippen LogP contribution in [0.15, 0.2) is 18.2 Å². The summed E-state index contributed by atoms with van der Waals surface area (Å²) in [6, 6.07) is 4.67. The van der Waals surface area contributed by atoms with Gasteiger partial charge in [0.2, 0.25) is 5.91 Å². The summed E-state index contributed by atoms with van der Waals surface area (Å²) in [6.07, 6.45) is -0.0310. The molecule has 0 bridgehead atoms. The zero-order valence-electron chi connectivity index (χ0n) is 8.78. The van der Waals surface area contributed by atoms with Gasteiger partial charge in [-0.3, -0.25) is 4.79 Å². The third kappa shape index (κ3) is 3.14. The number of nitrogens with two attached hydrogens (primary N) is 1. The highest BCUT2D eigenvalue weighted by Crippen LogP contribution is 2.10. The van der Waals surface area contributed by atoms with Gasteiger partial charge in [0.1, 0.15) is 0 Å². The molecule has 3 N–H and O–H groups in total. The van der Waals surface area contributed by atoms with Crippen molar-refractivity contribution < 1.29 is 14.7 Å². The van der Waals surface area contributed by atoms with Crippen LogP contribution in [-0.4, -0.2) is 17.0 Å². The van der Waals surface area contributed by atoms with Gasteiger partial charge < -0.3 is 10.8 Å². The Morgan fingerprint density at radius 3 is 2.69 bits per heavy atom. The van der Waals surface area contributed by atoms with Gasteiger partial charge in [-0.25, -0.2) is 4.79 Å². The van der Waals surface area contributed by atoms with E-state index in [2.05, 4.69) is 11.8 Å². The largest absolute Gasteiger partial charge is 0.478 e. The molecule has 0 fully saturated rings. The third-order valence-corrected chi connectivity index (χ3v) is 1.97. The highest BCUT2D eigenvalue weighted by atomic mass is 16.4. The molecule has 0 spiro atoms. The predicted molar refractivity (Wildman–Crippen MR) is 58.8 cm³/mol. The van der Waals surface area contributed by atoms with Crippen molar-refractivity contribution in [1.82, 2.24) is 0 Å². The van der Waals surface area contributed by atoms with E-state index in [4.69, 9.17) is 10.8 Å². The molecule has 1 amide bonds. The number of amides is 1. The number of carbonyl (C=O) groups is 2. The second-order valence-electron chi connectivity index (χ2n) is 3.28. The zero-order chi connectivity index (χ0) is 12.1. The lowest BCUT2D eigenvalue weighted by atomic mass is 10.1. The van der Waals surface area contributed by atoms with E-state index < -0.39 is 11.9 Å². The van der Waals surface area contributed by atoms with Crippen molar-refractivity contribution in [3.05, 3.63) is 34.9 Å². The molecule has 0 unspecified atom stereocenters. The predicted octanol–water partition coefficient (Wildman–Crippen LogP) is 0.920. The molecular formula is C12H11NO3. The van der Waals surface area contributed by atoms with Gasteiger partial charge in [0, 0.05) is 5.56 Å². The third-order valence-electron chi connectivity index (χ3n) is 1.97. The van der Waals surface area contributed by atoms with Crippen LogP contribution in [0, 0.1) is 18.8 Å². The van der Waals surface area contributed by atoms with Crippen LogP contribution >= 0.6 is 0 Å². The Morgan fingerprint density at radius 1 is 1.44 bits per heavy atom. The van der Waals surface area contributed by atoms with Crippen molar-refractivity contribution in [1.29, 1.82) is 0 Å². The highest BCUT2D eigenvalue weighted by molar-refractivity contribution is 5.88. The molecule has 82 valence electrons. The number of aryl methyl sites for hydroxylation is 1. The minimum atomic E-state index is -1.00. The lowest BCUT2D eigenvalue weighted by Crippen LogP contribution is -2.08. The number of carboxylic acids is 1. The molecule has 4 nitrogen and oxygen atoms in total. The number of rotatable bonds is 2. The minimum absolute atomic E-state index is 0.0310. The summed E-state index contributed by atoms with van der Waals surface area (Å²) >= 11 is 0. The van der Waals surface area contributed by atoms with E-state index >= 15 is 0 Å². The van der Waals surface area contributed by atoms with Crippen LogP contribution in [0.1, 0.15) is 27.9 Å². The maximum Gasteiger partial charge on any atom is 0.335 e. The normalized spacial score (nSPS) is 9.06. The Balaban J connectivity index is 3.01. The van der Waals surface area contributed by atoms with Crippen LogP contribution in [0.3, 0.4) is 0 Å². The van der Waals surface area contributed by atoms with Gasteiger partial charge in [-0.2, -0.15) is 0 Å². The average Bonchev–Trinajstić information content (AvgIpc) is 2.20. The fourth-order valence-electron chi connectivity index (χ4n) is 1.12. The fourth-order valence-corrected chi connectivity index (χ4v) is 1.12. The van der Waals surface area contributed by atoms with Crippen LogP contribution in [-0.2, 0) is 4.79 Å². The molecule has 1 aromatic rings. The summed E-state index contributed by atoms with van der Waals surface area (Å²) in [5, 5.41) is 8.79. The Bertz CT molecular complexity index is 495. The van der Waals surface area contributed by atoms with Gasteiger partial charge in [-0.1, -0.05) is 17.9 Å². The molecule has 0 aliphatic rings. The van der Waals surface area contributed by atoms with Gasteiger partial charge in [0.25, 0.3) is 0 Å². The van der Waals surface area contributed by atoms with Crippen LogP contribution in [0.2, 0.25) is 0 Å². The lowest BCUT2D eigenvalue weighted by molar-refractivity contribution is -0.117. The second kappa shape index (κ2) is 4.99. The highest BCUT2D eigenvalue weighted by Gasteiger charge is 2.04. The molecule has 0 aliphatic heterocycles. The van der Waals surface area contributed by atoms with Gasteiger partial charge in [0.05, 0.1) is 12.0 Å². The number of hydrogen-bond donors (Lipinski definition) is 2. The first-order valence-electron chi connectivity index (χ1n) is 4.62. The van der Waals surface area contributed by atoms with Crippen molar-refractivity contribution in [3.8, 4) is 11.8 Å². The Kier molecular flexibility index (Phi) is 3.67. The molecule has 0 saturated carbocycles. The fraction of sp³-hybridized carbons (Fsp3) is 0.167. The zero-order valence-corrected chi connectivity index (χ0v) is 8.78. The van der Waals surface area contributed by atoms with Crippen molar-refractivity contribution in [2.75, 3.05) is 0 Å². The van der Waals surface area contributed by atoms with Crippen molar-refractivity contribution in [2.45, 2.75) is 13.3 Å². The molecule has 0 heterocycles. The Hall–Kier alpha value is -2.28. The number of carboxylic acid groups (broad SMARTS) is 1. The van der Waals surface area contributed by atoms with E-state index in [0.717, 1.165) is 5.56 Å². The van der Waals surface area contributed by atoms with E-state index in [1.54, 1.807) is 6.07 Å². The lowest BCUT2D eigenvalue weighted by Gasteiger charge is -1.99. The van der Waals surface area contributed by atoms with E-state index in [-0.39, 0.29) is 12.0 Å². The van der Waals surface area contributed by atoms with Crippen molar-refractivity contribution >= 4 is 11.9 Å². The maximum atomic E-state index is 10.7. The summed E-state index contributed by atoms with van der Waals surface area (Å²) in [5.41, 5.74) is 6.57.